The molecule has 1 amide bonds. The first-order valence-electron chi connectivity index (χ1n) is 8.49. The summed E-state index contributed by atoms with van der Waals surface area (Å²) in [7, 11) is 0. The molecule has 1 saturated heterocycles. The summed E-state index contributed by atoms with van der Waals surface area (Å²) < 4.78 is 5.55. The Morgan fingerprint density at radius 2 is 1.83 bits per heavy atom. The van der Waals surface area contributed by atoms with E-state index in [4.69, 9.17) is 4.74 Å². The maximum absolute atomic E-state index is 12.5. The minimum atomic E-state index is -0.494. The van der Waals surface area contributed by atoms with E-state index in [2.05, 4.69) is 9.97 Å². The van der Waals surface area contributed by atoms with Crippen LogP contribution in [0, 0.1) is 6.92 Å². The fraction of sp³-hybridized carbons (Fsp3) is 0.706. The molecular weight excluding hydrogens is 292 g/mol. The van der Waals surface area contributed by atoms with Crippen molar-refractivity contribution >= 4 is 11.9 Å². The van der Waals surface area contributed by atoms with E-state index in [1.165, 1.54) is 12.0 Å². The predicted molar refractivity (Wildman–Crippen MR) is 88.3 cm³/mol. The molecule has 1 aromatic heterocycles. The monoisotopic (exact) mass is 318 g/mol. The van der Waals surface area contributed by atoms with Gasteiger partial charge in [0.2, 0.25) is 0 Å². The van der Waals surface area contributed by atoms with Crippen molar-refractivity contribution in [2.75, 3.05) is 18.1 Å². The smallest absolute Gasteiger partial charge is 0.429 e. The third kappa shape index (κ3) is 3.41. The van der Waals surface area contributed by atoms with Crippen LogP contribution >= 0.6 is 0 Å². The molecule has 3 rings (SSSR count). The number of hydrogen-bond donors (Lipinski definition) is 0. The van der Waals surface area contributed by atoms with E-state index < -0.39 is 5.60 Å². The van der Waals surface area contributed by atoms with Crippen LogP contribution < -0.4 is 5.01 Å². The minimum Gasteiger partial charge on any atom is -0.442 e. The third-order valence-corrected chi connectivity index (χ3v) is 4.15. The summed E-state index contributed by atoms with van der Waals surface area (Å²) in [6.45, 7) is 9.06. The molecule has 1 fully saturated rings. The molecule has 0 radical (unpaired) electrons. The average Bonchev–Trinajstić information content (AvgIpc) is 2.93. The quantitative estimate of drug-likeness (QED) is 0.796. The molecule has 2 aliphatic rings. The van der Waals surface area contributed by atoms with Crippen molar-refractivity contribution in [1.82, 2.24) is 15.0 Å². The van der Waals surface area contributed by atoms with Gasteiger partial charge in [-0.25, -0.2) is 19.8 Å². The summed E-state index contributed by atoms with van der Waals surface area (Å²) in [4.78, 5) is 21.8. The van der Waals surface area contributed by atoms with E-state index in [1.54, 1.807) is 5.01 Å². The summed E-state index contributed by atoms with van der Waals surface area (Å²) in [5.41, 5.74) is 1.86. The van der Waals surface area contributed by atoms with E-state index in [0.717, 1.165) is 49.6 Å². The molecule has 23 heavy (non-hydrogen) atoms. The van der Waals surface area contributed by atoms with Gasteiger partial charge in [-0.15, -0.1) is 0 Å². The summed E-state index contributed by atoms with van der Waals surface area (Å²) in [6, 6.07) is 0. The molecule has 0 unspecified atom stereocenters. The molecule has 0 aromatic carbocycles. The van der Waals surface area contributed by atoms with Crippen molar-refractivity contribution in [3.63, 3.8) is 0 Å². The van der Waals surface area contributed by atoms with Crippen LogP contribution in [0.3, 0.4) is 0 Å². The highest BCUT2D eigenvalue weighted by atomic mass is 16.6. The van der Waals surface area contributed by atoms with Crippen molar-refractivity contribution < 1.29 is 9.53 Å². The molecule has 126 valence electrons. The number of fused-ring (bicyclic) bond motifs is 1. The largest absolute Gasteiger partial charge is 0.442 e. The number of carbonyl (C=O) groups excluding carboxylic acids is 1. The Hall–Kier alpha value is -1.85. The number of hydrazine groups is 1. The second-order valence-electron chi connectivity index (χ2n) is 7.31. The van der Waals surface area contributed by atoms with Crippen molar-refractivity contribution in [3.8, 4) is 0 Å². The van der Waals surface area contributed by atoms with E-state index in [-0.39, 0.29) is 6.09 Å². The first kappa shape index (κ1) is 16.0. The molecule has 1 aromatic rings. The van der Waals surface area contributed by atoms with Crippen LogP contribution in [0.1, 0.15) is 57.1 Å². The number of amides is 1. The zero-order valence-electron chi connectivity index (χ0n) is 14.6. The fourth-order valence-corrected chi connectivity index (χ4v) is 3.24. The summed E-state index contributed by atoms with van der Waals surface area (Å²) in [6.07, 6.45) is 4.97. The first-order valence-corrected chi connectivity index (χ1v) is 8.49. The fourth-order valence-electron chi connectivity index (χ4n) is 3.24. The Morgan fingerprint density at radius 3 is 2.57 bits per heavy atom. The lowest BCUT2D eigenvalue weighted by Crippen LogP contribution is -2.45. The lowest BCUT2D eigenvalue weighted by Gasteiger charge is -2.33. The lowest BCUT2D eigenvalue weighted by molar-refractivity contribution is 0.0272. The average molecular weight is 318 g/mol. The molecular formula is C17H26N4O2. The number of aryl methyl sites for hydroxylation is 2. The van der Waals surface area contributed by atoms with Gasteiger partial charge < -0.3 is 4.74 Å². The maximum atomic E-state index is 12.5. The minimum absolute atomic E-state index is 0.296. The van der Waals surface area contributed by atoms with Crippen LogP contribution in [0.5, 0.6) is 0 Å². The van der Waals surface area contributed by atoms with Gasteiger partial charge in [-0.2, -0.15) is 0 Å². The summed E-state index contributed by atoms with van der Waals surface area (Å²) >= 11 is 0. The van der Waals surface area contributed by atoms with Crippen molar-refractivity contribution in [3.05, 3.63) is 17.1 Å². The Morgan fingerprint density at radius 1 is 1.09 bits per heavy atom. The number of nitrogens with zero attached hydrogens (tertiary/aromatic N) is 4. The highest BCUT2D eigenvalue weighted by molar-refractivity contribution is 5.71. The number of anilines is 1. The second-order valence-corrected chi connectivity index (χ2v) is 7.31. The molecule has 0 saturated carbocycles. The van der Waals surface area contributed by atoms with Gasteiger partial charge in [0, 0.05) is 24.3 Å². The van der Waals surface area contributed by atoms with Gasteiger partial charge in [-0.05, 0) is 59.8 Å². The number of rotatable bonds is 1. The normalized spacial score (nSPS) is 18.1. The van der Waals surface area contributed by atoms with Crippen molar-refractivity contribution in [2.45, 2.75) is 65.4 Å². The van der Waals surface area contributed by atoms with Gasteiger partial charge >= 0.3 is 6.09 Å². The van der Waals surface area contributed by atoms with Crippen LogP contribution in [0.25, 0.3) is 0 Å². The number of aromatic nitrogens is 2. The van der Waals surface area contributed by atoms with Crippen molar-refractivity contribution in [2.24, 2.45) is 0 Å². The van der Waals surface area contributed by atoms with E-state index in [1.807, 2.05) is 32.7 Å². The highest BCUT2D eigenvalue weighted by Gasteiger charge is 2.34. The van der Waals surface area contributed by atoms with Gasteiger partial charge in [0.1, 0.15) is 11.4 Å². The van der Waals surface area contributed by atoms with E-state index in [9.17, 15) is 4.79 Å². The second kappa shape index (κ2) is 5.98. The molecule has 0 atom stereocenters. The van der Waals surface area contributed by atoms with Gasteiger partial charge in [-0.1, -0.05) is 0 Å². The molecule has 0 N–H and O–H groups in total. The van der Waals surface area contributed by atoms with Gasteiger partial charge in [0.15, 0.2) is 5.82 Å². The molecule has 1 aliphatic carbocycles. The van der Waals surface area contributed by atoms with Crippen LogP contribution in [-0.2, 0) is 17.6 Å². The Labute approximate surface area is 137 Å². The topological polar surface area (TPSA) is 58.6 Å². The standard InChI is InChI=1S/C17H26N4O2/c1-12-18-14-9-6-5-8-13(14)15(19-12)20-10-7-11-21(20)16(22)23-17(2,3)4/h5-11H2,1-4H3. The molecule has 2 heterocycles. The Bertz CT molecular complexity index is 609. The zero-order chi connectivity index (χ0) is 16.6. The van der Waals surface area contributed by atoms with Crippen LogP contribution in [0.15, 0.2) is 0 Å². The van der Waals surface area contributed by atoms with Gasteiger partial charge in [0.05, 0.1) is 0 Å². The lowest BCUT2D eigenvalue weighted by atomic mass is 9.96. The van der Waals surface area contributed by atoms with Gasteiger partial charge in [-0.3, -0.25) is 5.01 Å². The van der Waals surface area contributed by atoms with Crippen LogP contribution in [0.4, 0.5) is 10.6 Å². The zero-order valence-corrected chi connectivity index (χ0v) is 14.6. The number of ether oxygens (including phenoxy) is 1. The summed E-state index contributed by atoms with van der Waals surface area (Å²) in [5.74, 6) is 1.67. The molecule has 0 bridgehead atoms. The van der Waals surface area contributed by atoms with Crippen LogP contribution in [-0.4, -0.2) is 39.8 Å². The van der Waals surface area contributed by atoms with Gasteiger partial charge in [0.25, 0.3) is 0 Å². The third-order valence-electron chi connectivity index (χ3n) is 4.15. The van der Waals surface area contributed by atoms with E-state index >= 15 is 0 Å². The number of hydrogen-bond acceptors (Lipinski definition) is 5. The molecule has 1 aliphatic heterocycles. The van der Waals surface area contributed by atoms with Crippen LogP contribution in [0.2, 0.25) is 0 Å². The highest BCUT2D eigenvalue weighted by Crippen LogP contribution is 2.31. The molecule has 6 nitrogen and oxygen atoms in total. The Kier molecular flexibility index (Phi) is 4.17. The number of carbonyl (C=O) groups is 1. The first-order chi connectivity index (χ1) is 10.8. The SMILES string of the molecule is Cc1nc2c(c(N3CCCN3C(=O)OC(C)(C)C)n1)CCCC2. The Balaban J connectivity index is 1.91. The van der Waals surface area contributed by atoms with Crippen molar-refractivity contribution in [1.29, 1.82) is 0 Å². The molecule has 0 spiro atoms. The van der Waals surface area contributed by atoms with E-state index in [0.29, 0.717) is 6.54 Å². The maximum Gasteiger partial charge on any atom is 0.429 e. The predicted octanol–water partition coefficient (Wildman–Crippen LogP) is 3.03. The molecule has 6 heteroatoms. The summed E-state index contributed by atoms with van der Waals surface area (Å²) in [5, 5.41) is 3.69.